The van der Waals surface area contributed by atoms with Gasteiger partial charge in [0, 0.05) is 12.4 Å². The van der Waals surface area contributed by atoms with Gasteiger partial charge in [-0.2, -0.15) is 0 Å². The van der Waals surface area contributed by atoms with Crippen LogP contribution in [0.1, 0.15) is 35.8 Å². The van der Waals surface area contributed by atoms with Crippen LogP contribution in [0.4, 0.5) is 4.39 Å². The van der Waals surface area contributed by atoms with Crippen LogP contribution in [0, 0.1) is 5.82 Å². The van der Waals surface area contributed by atoms with Gasteiger partial charge < -0.3 is 0 Å². The lowest BCUT2D eigenvalue weighted by molar-refractivity contribution is 0.624. The second-order valence-electron chi connectivity index (χ2n) is 4.63. The first-order valence-electron chi connectivity index (χ1n) is 6.54. The van der Waals surface area contributed by atoms with Gasteiger partial charge in [0.1, 0.15) is 5.82 Å². The molecule has 3 heteroatoms. The molecule has 19 heavy (non-hydrogen) atoms. The molecule has 1 nitrogen and oxygen atoms in total. The third-order valence-corrected chi connectivity index (χ3v) is 3.60. The number of alkyl halides is 1. The van der Waals surface area contributed by atoms with Gasteiger partial charge in [0.05, 0.1) is 5.38 Å². The molecule has 0 saturated carbocycles. The zero-order valence-electron chi connectivity index (χ0n) is 10.7. The molecule has 1 atom stereocenters. The van der Waals surface area contributed by atoms with Gasteiger partial charge in [-0.25, -0.2) is 4.39 Å². The lowest BCUT2D eigenvalue weighted by Crippen LogP contribution is -1.93. The van der Waals surface area contributed by atoms with Crippen molar-refractivity contribution in [2.45, 2.75) is 31.1 Å². The Kier molecular flexibility index (Phi) is 5.34. The Hall–Kier alpha value is -1.41. The van der Waals surface area contributed by atoms with Crippen LogP contribution in [0.5, 0.6) is 0 Å². The molecule has 1 heterocycles. The number of halogens is 2. The van der Waals surface area contributed by atoms with Crippen molar-refractivity contribution in [3.63, 3.8) is 0 Å². The number of aryl methyl sites for hydroxylation is 1. The predicted molar refractivity (Wildman–Crippen MR) is 76.8 cm³/mol. The summed E-state index contributed by atoms with van der Waals surface area (Å²) in [5, 5.41) is -0.0329. The third kappa shape index (κ3) is 4.64. The van der Waals surface area contributed by atoms with Crippen molar-refractivity contribution in [2.75, 3.05) is 0 Å². The third-order valence-electron chi connectivity index (χ3n) is 3.13. The molecule has 0 N–H and O–H groups in total. The van der Waals surface area contributed by atoms with E-state index in [0.717, 1.165) is 31.2 Å². The molecule has 0 bridgehead atoms. The van der Waals surface area contributed by atoms with E-state index in [9.17, 15) is 4.39 Å². The van der Waals surface area contributed by atoms with Crippen LogP contribution in [0.25, 0.3) is 0 Å². The Morgan fingerprint density at radius 1 is 1.11 bits per heavy atom. The largest absolute Gasteiger partial charge is 0.264 e. The van der Waals surface area contributed by atoms with E-state index >= 15 is 0 Å². The Balaban J connectivity index is 1.72. The Labute approximate surface area is 118 Å². The predicted octanol–water partition coefficient (Wildman–Crippen LogP) is 4.91. The first-order chi connectivity index (χ1) is 9.25. The van der Waals surface area contributed by atoms with E-state index in [-0.39, 0.29) is 11.2 Å². The van der Waals surface area contributed by atoms with E-state index in [1.165, 1.54) is 17.7 Å². The first-order valence-corrected chi connectivity index (χ1v) is 6.98. The Morgan fingerprint density at radius 3 is 2.58 bits per heavy atom. The minimum absolute atomic E-state index is 0.0329. The summed E-state index contributed by atoms with van der Waals surface area (Å²) in [6, 6.07) is 10.5. The van der Waals surface area contributed by atoms with Gasteiger partial charge in [0.2, 0.25) is 0 Å². The molecule has 0 aliphatic rings. The van der Waals surface area contributed by atoms with Crippen LogP contribution < -0.4 is 0 Å². The number of unbranched alkanes of at least 4 members (excludes halogenated alkanes) is 1. The van der Waals surface area contributed by atoms with E-state index in [0.29, 0.717) is 0 Å². The fourth-order valence-electron chi connectivity index (χ4n) is 2.04. The number of hydrogen-bond donors (Lipinski definition) is 0. The highest BCUT2D eigenvalue weighted by atomic mass is 35.5. The van der Waals surface area contributed by atoms with Crippen LogP contribution in [0.2, 0.25) is 0 Å². The maximum atomic E-state index is 12.8. The summed E-state index contributed by atoms with van der Waals surface area (Å²) in [6.45, 7) is 0. The maximum absolute atomic E-state index is 12.8. The van der Waals surface area contributed by atoms with E-state index < -0.39 is 0 Å². The fourth-order valence-corrected chi connectivity index (χ4v) is 2.34. The number of pyridine rings is 1. The standard InChI is InChI=1S/C16H17ClFN/c17-16(14-7-9-15(18)10-8-14)6-2-1-4-13-5-3-11-19-12-13/h3,5,7-12,16H,1-2,4,6H2. The van der Waals surface area contributed by atoms with Crippen LogP contribution in [-0.2, 0) is 6.42 Å². The second kappa shape index (κ2) is 7.25. The van der Waals surface area contributed by atoms with Crippen molar-refractivity contribution in [1.29, 1.82) is 0 Å². The highest BCUT2D eigenvalue weighted by Gasteiger charge is 2.07. The van der Waals surface area contributed by atoms with Gasteiger partial charge >= 0.3 is 0 Å². The quantitative estimate of drug-likeness (QED) is 0.540. The van der Waals surface area contributed by atoms with Gasteiger partial charge in [-0.3, -0.25) is 4.98 Å². The summed E-state index contributed by atoms with van der Waals surface area (Å²) in [6.07, 6.45) is 7.77. The SMILES string of the molecule is Fc1ccc(C(Cl)CCCCc2cccnc2)cc1. The van der Waals surface area contributed by atoms with Crippen molar-refractivity contribution < 1.29 is 4.39 Å². The van der Waals surface area contributed by atoms with Gasteiger partial charge in [-0.1, -0.05) is 24.6 Å². The molecule has 0 fully saturated rings. The van der Waals surface area contributed by atoms with E-state index in [1.807, 2.05) is 12.3 Å². The van der Waals surface area contributed by atoms with Gasteiger partial charge in [0.15, 0.2) is 0 Å². The summed E-state index contributed by atoms with van der Waals surface area (Å²) in [5.74, 6) is -0.218. The Morgan fingerprint density at radius 2 is 1.89 bits per heavy atom. The monoisotopic (exact) mass is 277 g/mol. The van der Waals surface area contributed by atoms with Crippen LogP contribution in [0.3, 0.4) is 0 Å². The normalized spacial score (nSPS) is 12.3. The average molecular weight is 278 g/mol. The van der Waals surface area contributed by atoms with E-state index in [2.05, 4.69) is 11.1 Å². The fraction of sp³-hybridized carbons (Fsp3) is 0.312. The highest BCUT2D eigenvalue weighted by molar-refractivity contribution is 6.20. The molecule has 0 amide bonds. The zero-order chi connectivity index (χ0) is 13.5. The number of nitrogens with zero attached hydrogens (tertiary/aromatic N) is 1. The minimum atomic E-state index is -0.218. The number of rotatable bonds is 6. The lowest BCUT2D eigenvalue weighted by atomic mass is 10.0. The van der Waals surface area contributed by atoms with Crippen LogP contribution >= 0.6 is 11.6 Å². The molecular weight excluding hydrogens is 261 g/mol. The molecule has 0 aliphatic carbocycles. The number of benzene rings is 1. The van der Waals surface area contributed by atoms with Gasteiger partial charge in [-0.15, -0.1) is 11.6 Å². The highest BCUT2D eigenvalue weighted by Crippen LogP contribution is 2.26. The molecule has 1 aromatic carbocycles. The lowest BCUT2D eigenvalue weighted by Gasteiger charge is -2.09. The van der Waals surface area contributed by atoms with Crippen LogP contribution in [0.15, 0.2) is 48.8 Å². The van der Waals surface area contributed by atoms with E-state index in [4.69, 9.17) is 11.6 Å². The van der Waals surface area contributed by atoms with Gasteiger partial charge in [0.25, 0.3) is 0 Å². The summed E-state index contributed by atoms with van der Waals surface area (Å²) in [7, 11) is 0. The smallest absolute Gasteiger partial charge is 0.123 e. The molecular formula is C16H17ClFN. The summed E-state index contributed by atoms with van der Waals surface area (Å²) in [5.41, 5.74) is 2.25. The average Bonchev–Trinajstić information content (AvgIpc) is 2.45. The van der Waals surface area contributed by atoms with Gasteiger partial charge in [-0.05, 0) is 48.6 Å². The molecule has 0 aliphatic heterocycles. The zero-order valence-corrected chi connectivity index (χ0v) is 11.5. The van der Waals surface area contributed by atoms with Crippen molar-refractivity contribution in [2.24, 2.45) is 0 Å². The first kappa shape index (κ1) is 14.0. The van der Waals surface area contributed by atoms with Crippen molar-refractivity contribution in [3.05, 3.63) is 65.7 Å². The Bertz CT molecular complexity index is 484. The van der Waals surface area contributed by atoms with Crippen LogP contribution in [-0.4, -0.2) is 4.98 Å². The van der Waals surface area contributed by atoms with Crippen molar-refractivity contribution in [1.82, 2.24) is 4.98 Å². The second-order valence-corrected chi connectivity index (χ2v) is 5.15. The molecule has 1 aromatic heterocycles. The molecule has 2 rings (SSSR count). The molecule has 100 valence electrons. The summed E-state index contributed by atoms with van der Waals surface area (Å²) >= 11 is 6.31. The topological polar surface area (TPSA) is 12.9 Å². The minimum Gasteiger partial charge on any atom is -0.264 e. The molecule has 1 unspecified atom stereocenters. The molecule has 0 spiro atoms. The molecule has 0 saturated heterocycles. The van der Waals surface area contributed by atoms with Crippen molar-refractivity contribution >= 4 is 11.6 Å². The van der Waals surface area contributed by atoms with Crippen molar-refractivity contribution in [3.8, 4) is 0 Å². The number of aromatic nitrogens is 1. The van der Waals surface area contributed by atoms with E-state index in [1.54, 1.807) is 18.3 Å². The summed E-state index contributed by atoms with van der Waals surface area (Å²) in [4.78, 5) is 4.09. The molecule has 2 aromatic rings. The number of hydrogen-bond acceptors (Lipinski definition) is 1. The molecule has 0 radical (unpaired) electrons. The maximum Gasteiger partial charge on any atom is 0.123 e. The summed E-state index contributed by atoms with van der Waals surface area (Å²) < 4.78 is 12.8.